The summed E-state index contributed by atoms with van der Waals surface area (Å²) in [5.41, 5.74) is 1.46. The molecule has 1 saturated carbocycles. The fourth-order valence-electron chi connectivity index (χ4n) is 3.18. The molecule has 1 atom stereocenters. The van der Waals surface area contributed by atoms with Crippen molar-refractivity contribution in [3.8, 4) is 0 Å². The van der Waals surface area contributed by atoms with Crippen molar-refractivity contribution in [2.24, 2.45) is 0 Å². The lowest BCUT2D eigenvalue weighted by Gasteiger charge is -2.19. The number of thiophene rings is 1. The van der Waals surface area contributed by atoms with Crippen LogP contribution >= 0.6 is 11.3 Å². The second-order valence-corrected chi connectivity index (χ2v) is 10.5. The van der Waals surface area contributed by atoms with Gasteiger partial charge in [-0.3, -0.25) is 14.3 Å². The third-order valence-electron chi connectivity index (χ3n) is 4.97. The van der Waals surface area contributed by atoms with Crippen LogP contribution in [0.2, 0.25) is 0 Å². The summed E-state index contributed by atoms with van der Waals surface area (Å²) in [7, 11) is -3.72. The second-order valence-electron chi connectivity index (χ2n) is 7.62. The highest BCUT2D eigenvalue weighted by Crippen LogP contribution is 2.21. The molecule has 3 N–H and O–H groups in total. The highest BCUT2D eigenvalue weighted by atomic mass is 32.2. The van der Waals surface area contributed by atoms with Crippen LogP contribution in [-0.2, 0) is 21.2 Å². The minimum Gasteiger partial charge on any atom is -0.352 e. The van der Waals surface area contributed by atoms with E-state index in [1.165, 1.54) is 12.1 Å². The predicted molar refractivity (Wildman–Crippen MR) is 124 cm³/mol. The zero-order chi connectivity index (χ0) is 22.6. The molecule has 0 spiro atoms. The molecule has 0 radical (unpaired) electrons. The van der Waals surface area contributed by atoms with Gasteiger partial charge in [-0.25, -0.2) is 8.42 Å². The number of benzene rings is 2. The third-order valence-corrected chi connectivity index (χ3v) is 7.74. The largest absolute Gasteiger partial charge is 0.352 e. The Balaban J connectivity index is 1.49. The van der Waals surface area contributed by atoms with Gasteiger partial charge in [0.15, 0.2) is 0 Å². The molecule has 1 unspecified atom stereocenters. The Morgan fingerprint density at radius 1 is 1.00 bits per heavy atom. The molecule has 2 aromatic carbocycles. The maximum atomic E-state index is 12.9. The fraction of sp³-hybridized carbons (Fsp3) is 0.217. The number of hydrogen-bond donors (Lipinski definition) is 3. The average molecular weight is 470 g/mol. The summed E-state index contributed by atoms with van der Waals surface area (Å²) in [4.78, 5) is 25.7. The molecule has 1 fully saturated rings. The summed E-state index contributed by atoms with van der Waals surface area (Å²) >= 11 is 1.11. The van der Waals surface area contributed by atoms with E-state index in [4.69, 9.17) is 0 Å². The first kappa shape index (κ1) is 22.0. The van der Waals surface area contributed by atoms with Crippen molar-refractivity contribution in [1.29, 1.82) is 0 Å². The van der Waals surface area contributed by atoms with Crippen LogP contribution in [0, 0.1) is 0 Å². The van der Waals surface area contributed by atoms with Crippen LogP contribution in [0.25, 0.3) is 0 Å². The van der Waals surface area contributed by atoms with Crippen LogP contribution in [-0.4, -0.2) is 32.3 Å². The summed E-state index contributed by atoms with van der Waals surface area (Å²) < 4.78 is 27.6. The van der Waals surface area contributed by atoms with Crippen molar-refractivity contribution in [3.63, 3.8) is 0 Å². The van der Waals surface area contributed by atoms with Crippen molar-refractivity contribution in [2.75, 3.05) is 4.72 Å². The van der Waals surface area contributed by atoms with Gasteiger partial charge in [-0.15, -0.1) is 11.3 Å². The highest BCUT2D eigenvalue weighted by molar-refractivity contribution is 7.94. The van der Waals surface area contributed by atoms with E-state index in [2.05, 4.69) is 15.4 Å². The molecule has 9 heteroatoms. The number of hydrogen-bond acceptors (Lipinski definition) is 5. The van der Waals surface area contributed by atoms with Crippen molar-refractivity contribution >= 4 is 38.9 Å². The van der Waals surface area contributed by atoms with E-state index in [0.29, 0.717) is 6.42 Å². The lowest BCUT2D eigenvalue weighted by molar-refractivity contribution is -0.123. The number of amides is 2. The Hall–Kier alpha value is -3.17. The number of carbonyl (C=O) groups is 2. The van der Waals surface area contributed by atoms with Crippen LogP contribution in [0.5, 0.6) is 0 Å². The molecule has 32 heavy (non-hydrogen) atoms. The van der Waals surface area contributed by atoms with Crippen molar-refractivity contribution < 1.29 is 18.0 Å². The molecule has 166 valence electrons. The van der Waals surface area contributed by atoms with E-state index in [1.54, 1.807) is 29.6 Å². The lowest BCUT2D eigenvalue weighted by Crippen LogP contribution is -2.48. The fourth-order valence-corrected chi connectivity index (χ4v) is 5.22. The monoisotopic (exact) mass is 469 g/mol. The van der Waals surface area contributed by atoms with E-state index >= 15 is 0 Å². The first-order chi connectivity index (χ1) is 15.4. The summed E-state index contributed by atoms with van der Waals surface area (Å²) in [5.74, 6) is -0.673. The molecule has 1 aliphatic carbocycles. The molecular weight excluding hydrogens is 446 g/mol. The third kappa shape index (κ3) is 5.74. The number of carbonyl (C=O) groups excluding carboxylic acids is 2. The van der Waals surface area contributed by atoms with Gasteiger partial charge >= 0.3 is 0 Å². The standard InChI is InChI=1S/C23H23N3O4S2/c27-22(17-8-4-9-19(15-17)26-32(29,30)21-10-5-13-31-21)25-20(23(28)24-18-11-12-18)14-16-6-2-1-3-7-16/h1-10,13,15,18,20,26H,11-12,14H2,(H,24,28)(H,25,27). The van der Waals surface area contributed by atoms with Crippen LogP contribution in [0.3, 0.4) is 0 Å². The smallest absolute Gasteiger partial charge is 0.271 e. The maximum Gasteiger partial charge on any atom is 0.271 e. The summed E-state index contributed by atoms with van der Waals surface area (Å²) in [6, 6.07) is 18.3. The molecule has 7 nitrogen and oxygen atoms in total. The number of nitrogens with one attached hydrogen (secondary N) is 3. The van der Waals surface area contributed by atoms with Crippen LogP contribution in [0.1, 0.15) is 28.8 Å². The van der Waals surface area contributed by atoms with E-state index < -0.39 is 22.0 Å². The van der Waals surface area contributed by atoms with Crippen molar-refractivity contribution in [1.82, 2.24) is 10.6 Å². The van der Waals surface area contributed by atoms with E-state index in [9.17, 15) is 18.0 Å². The highest BCUT2D eigenvalue weighted by Gasteiger charge is 2.29. The van der Waals surface area contributed by atoms with Gasteiger partial charge in [-0.05, 0) is 48.1 Å². The van der Waals surface area contributed by atoms with Gasteiger partial charge in [0.2, 0.25) is 5.91 Å². The molecular formula is C23H23N3O4S2. The molecule has 1 aromatic heterocycles. The number of rotatable bonds is 9. The minimum atomic E-state index is -3.72. The summed E-state index contributed by atoms with van der Waals surface area (Å²) in [6.45, 7) is 0. The van der Waals surface area contributed by atoms with E-state index in [1.807, 2.05) is 30.3 Å². The first-order valence-corrected chi connectivity index (χ1v) is 12.6. The molecule has 2 amide bonds. The Labute approximate surface area is 190 Å². The average Bonchev–Trinajstić information content (AvgIpc) is 3.40. The Morgan fingerprint density at radius 3 is 2.47 bits per heavy atom. The van der Waals surface area contributed by atoms with Gasteiger partial charge in [0.05, 0.1) is 0 Å². The molecule has 0 bridgehead atoms. The van der Waals surface area contributed by atoms with Gasteiger partial charge in [-0.1, -0.05) is 42.5 Å². The van der Waals surface area contributed by atoms with Gasteiger partial charge in [0.25, 0.3) is 15.9 Å². The van der Waals surface area contributed by atoms with Crippen LogP contribution < -0.4 is 15.4 Å². The molecule has 4 rings (SSSR count). The number of sulfonamides is 1. The molecule has 0 saturated heterocycles. The minimum absolute atomic E-state index is 0.174. The van der Waals surface area contributed by atoms with Gasteiger partial charge in [0, 0.05) is 23.7 Å². The van der Waals surface area contributed by atoms with E-state index in [0.717, 1.165) is 29.7 Å². The second kappa shape index (κ2) is 9.54. The van der Waals surface area contributed by atoms with Crippen molar-refractivity contribution in [2.45, 2.75) is 35.6 Å². The zero-order valence-electron chi connectivity index (χ0n) is 17.2. The van der Waals surface area contributed by atoms with Gasteiger partial charge in [0.1, 0.15) is 10.3 Å². The Kier molecular flexibility index (Phi) is 6.57. The molecule has 1 heterocycles. The number of anilines is 1. The zero-order valence-corrected chi connectivity index (χ0v) is 18.8. The van der Waals surface area contributed by atoms with Crippen LogP contribution in [0.15, 0.2) is 76.3 Å². The summed E-state index contributed by atoms with van der Waals surface area (Å²) in [6.07, 6.45) is 2.25. The normalized spacial score (nSPS) is 14.4. The quantitative estimate of drug-likeness (QED) is 0.448. The predicted octanol–water partition coefficient (Wildman–Crippen LogP) is 3.17. The lowest BCUT2D eigenvalue weighted by atomic mass is 10.0. The van der Waals surface area contributed by atoms with Crippen molar-refractivity contribution in [3.05, 3.63) is 83.2 Å². The van der Waals surface area contributed by atoms with Crippen LogP contribution in [0.4, 0.5) is 5.69 Å². The Bertz CT molecular complexity index is 1190. The van der Waals surface area contributed by atoms with E-state index in [-0.39, 0.29) is 27.4 Å². The molecule has 1 aliphatic rings. The first-order valence-electron chi connectivity index (χ1n) is 10.2. The SMILES string of the molecule is O=C(NC(Cc1ccccc1)C(=O)NC1CC1)c1cccc(NS(=O)(=O)c2cccs2)c1. The summed E-state index contributed by atoms with van der Waals surface area (Å²) in [5, 5.41) is 7.43. The molecule has 3 aromatic rings. The Morgan fingerprint density at radius 2 is 1.78 bits per heavy atom. The van der Waals surface area contributed by atoms with Gasteiger partial charge < -0.3 is 10.6 Å². The topological polar surface area (TPSA) is 104 Å². The molecule has 0 aliphatic heterocycles. The van der Waals surface area contributed by atoms with Gasteiger partial charge in [-0.2, -0.15) is 0 Å². The maximum absolute atomic E-state index is 12.9.